The normalized spacial score (nSPS) is 13.1. The maximum Gasteiger partial charge on any atom is 0.490 e. The average Bonchev–Trinajstić information content (AvgIpc) is 4.41. The van der Waals surface area contributed by atoms with Gasteiger partial charge in [0.15, 0.2) is 0 Å². The molecule has 8 rings (SSSR count). The van der Waals surface area contributed by atoms with Crippen molar-refractivity contribution in [1.82, 2.24) is 30.4 Å². The number of ether oxygens (including phenoxy) is 2. The number of ketones is 1. The minimum atomic E-state index is -5.08. The molecule has 0 bridgehead atoms. The molecule has 2 aromatic heterocycles. The number of carbonyl (C=O) groups is 9. The standard InChI is InChI=1S/C26H26N4O6.C26H28N4O5.2C2HF3O2/c27-23-20-15-22(19(14-21(31)26(34)35)13-18(20)7-8-28-23)36-12-9-29-24(32)16-3-5-17(6-4-16)25(33)30-10-1-2-11-30;27-24-22-15-21(9-7-17(22)11-12-28-24)35-16-20(8-10-23(31)32)29-25(33)18-3-5-19(6-4-18)26(34)30-13-1-2-14-30;2*3-2(4,5)1(6)7/h3-8,13,15H,1-2,9-12,14H2,(H2,27,28)(H,29,32)(H,34,35);3-7,9,11-12,15,20H,1-2,8,10,13-14,16H2,(H2,27,28)(H,29,33)(H,31,32);2*(H,6,7)/t;20-;;/m.1../s1. The molecule has 452 valence electrons. The summed E-state index contributed by atoms with van der Waals surface area (Å²) >= 11 is 0. The number of halogens is 6. The van der Waals surface area contributed by atoms with Crippen molar-refractivity contribution in [3.05, 3.63) is 131 Å². The van der Waals surface area contributed by atoms with Gasteiger partial charge in [0.25, 0.3) is 23.6 Å². The van der Waals surface area contributed by atoms with E-state index in [0.29, 0.717) is 50.2 Å². The minimum Gasteiger partial charge on any atom is -0.491 e. The van der Waals surface area contributed by atoms with E-state index < -0.39 is 48.1 Å². The zero-order chi connectivity index (χ0) is 62.6. The second kappa shape index (κ2) is 30.3. The molecule has 6 aromatic rings. The molecular formula is C56H56F6N8O15. The number of nitrogens with zero attached hydrogens (tertiary/aromatic N) is 4. The summed E-state index contributed by atoms with van der Waals surface area (Å²) in [6, 6.07) is 24.7. The Bertz CT molecular complexity index is 3370. The van der Waals surface area contributed by atoms with E-state index >= 15 is 0 Å². The number of hydrogen-bond donors (Lipinski definition) is 8. The summed E-state index contributed by atoms with van der Waals surface area (Å²) < 4.78 is 75.1. The number of nitrogen functional groups attached to an aromatic ring is 2. The fourth-order valence-electron chi connectivity index (χ4n) is 8.17. The zero-order valence-corrected chi connectivity index (χ0v) is 44.8. The Morgan fingerprint density at radius 2 is 1.05 bits per heavy atom. The number of anilines is 2. The van der Waals surface area contributed by atoms with Crippen LogP contribution in [-0.2, 0) is 30.4 Å². The predicted molar refractivity (Wildman–Crippen MR) is 291 cm³/mol. The number of pyridine rings is 2. The summed E-state index contributed by atoms with van der Waals surface area (Å²) in [6.45, 7) is 3.33. The lowest BCUT2D eigenvalue weighted by Gasteiger charge is -2.19. The first-order chi connectivity index (χ1) is 40.1. The van der Waals surface area contributed by atoms with Gasteiger partial charge in [0.2, 0.25) is 5.78 Å². The molecule has 0 aliphatic carbocycles. The first-order valence-corrected chi connectivity index (χ1v) is 25.7. The molecule has 23 nitrogen and oxygen atoms in total. The topological polar surface area (TPSA) is 361 Å². The predicted octanol–water partition coefficient (Wildman–Crippen LogP) is 6.42. The Kier molecular flexibility index (Phi) is 23.4. The van der Waals surface area contributed by atoms with Gasteiger partial charge < -0.3 is 61.8 Å². The van der Waals surface area contributed by atoms with E-state index in [4.69, 9.17) is 51.0 Å². The molecule has 0 unspecified atom stereocenters. The number of nitrogens with two attached hydrogens (primary N) is 2. The van der Waals surface area contributed by atoms with E-state index in [-0.39, 0.29) is 74.2 Å². The fourth-order valence-corrected chi connectivity index (χ4v) is 8.17. The van der Waals surface area contributed by atoms with E-state index in [0.717, 1.165) is 62.6 Å². The van der Waals surface area contributed by atoms with Gasteiger partial charge in [0, 0.05) is 90.0 Å². The number of aliphatic carboxylic acids is 4. The molecule has 0 spiro atoms. The number of benzene rings is 4. The smallest absolute Gasteiger partial charge is 0.490 e. The minimum absolute atomic E-state index is 0.0312. The number of carboxylic acids is 4. The SMILES string of the molecule is Nc1nccc2cc(CC(=O)C(=O)O)c(OCCNC(=O)c3ccc(C(=O)N4CCCC4)cc3)cc12.Nc1nccc2ccc(OC[C@@H](CCC(=O)O)NC(=O)c3ccc(C(=O)N4CCCC4)cc3)cc12.O=C(O)C(F)(F)F.O=C(O)C(F)(F)F. The molecule has 2 saturated heterocycles. The number of fused-ring (bicyclic) bond motifs is 2. The molecule has 10 N–H and O–H groups in total. The van der Waals surface area contributed by atoms with Crippen molar-refractivity contribution in [1.29, 1.82) is 0 Å². The van der Waals surface area contributed by atoms with Gasteiger partial charge >= 0.3 is 36.2 Å². The average molecular weight is 1200 g/mol. The highest BCUT2D eigenvalue weighted by molar-refractivity contribution is 6.33. The molecule has 2 aliphatic heterocycles. The molecule has 4 heterocycles. The second-order valence-corrected chi connectivity index (χ2v) is 18.6. The van der Waals surface area contributed by atoms with Crippen LogP contribution in [0.3, 0.4) is 0 Å². The lowest BCUT2D eigenvalue weighted by molar-refractivity contribution is -0.193. The van der Waals surface area contributed by atoms with Crippen LogP contribution in [-0.4, -0.2) is 158 Å². The monoisotopic (exact) mass is 1190 g/mol. The van der Waals surface area contributed by atoms with Crippen LogP contribution in [0.2, 0.25) is 0 Å². The molecule has 29 heteroatoms. The Morgan fingerprint density at radius 1 is 0.588 bits per heavy atom. The lowest BCUT2D eigenvalue weighted by Crippen LogP contribution is -2.39. The third kappa shape index (κ3) is 20.1. The van der Waals surface area contributed by atoms with E-state index in [1.807, 2.05) is 17.0 Å². The summed E-state index contributed by atoms with van der Waals surface area (Å²) in [6.07, 6.45) is -3.25. The number of hydrogen-bond acceptors (Lipinski definition) is 15. The largest absolute Gasteiger partial charge is 0.491 e. The van der Waals surface area contributed by atoms with E-state index in [1.165, 1.54) is 6.20 Å². The summed E-state index contributed by atoms with van der Waals surface area (Å²) in [5.41, 5.74) is 14.2. The quantitative estimate of drug-likeness (QED) is 0.0261. The van der Waals surface area contributed by atoms with Crippen LogP contribution in [0.1, 0.15) is 85.5 Å². The number of Topliss-reactive ketones (excluding diaryl/α,β-unsaturated/α-hetero) is 1. The van der Waals surface area contributed by atoms with Gasteiger partial charge in [-0.05, 0) is 128 Å². The highest BCUT2D eigenvalue weighted by Crippen LogP contribution is 2.30. The first kappa shape index (κ1) is 65.7. The van der Waals surface area contributed by atoms with Crippen LogP contribution >= 0.6 is 0 Å². The molecule has 85 heavy (non-hydrogen) atoms. The molecule has 1 atom stereocenters. The third-order valence-corrected chi connectivity index (χ3v) is 12.5. The van der Waals surface area contributed by atoms with Gasteiger partial charge in [-0.15, -0.1) is 0 Å². The highest BCUT2D eigenvalue weighted by atomic mass is 19.4. The van der Waals surface area contributed by atoms with Gasteiger partial charge in [-0.1, -0.05) is 6.07 Å². The summed E-state index contributed by atoms with van der Waals surface area (Å²) in [5.74, 6) is -8.25. The second-order valence-electron chi connectivity index (χ2n) is 18.6. The van der Waals surface area contributed by atoms with Crippen LogP contribution in [0.25, 0.3) is 21.5 Å². The zero-order valence-electron chi connectivity index (χ0n) is 44.8. The number of alkyl halides is 6. The van der Waals surface area contributed by atoms with Gasteiger partial charge in [-0.3, -0.25) is 28.8 Å². The van der Waals surface area contributed by atoms with Crippen molar-refractivity contribution in [2.45, 2.75) is 63.3 Å². The molecule has 2 fully saturated rings. The summed E-state index contributed by atoms with van der Waals surface area (Å²) in [7, 11) is 0. The van der Waals surface area contributed by atoms with Crippen LogP contribution in [0, 0.1) is 0 Å². The molecule has 2 aliphatic rings. The van der Waals surface area contributed by atoms with Crippen molar-refractivity contribution < 1.29 is 99.4 Å². The molecule has 0 radical (unpaired) electrons. The molecule has 0 saturated carbocycles. The third-order valence-electron chi connectivity index (χ3n) is 12.5. The van der Waals surface area contributed by atoms with Crippen LogP contribution in [0.4, 0.5) is 38.0 Å². The van der Waals surface area contributed by atoms with Crippen molar-refractivity contribution in [3.63, 3.8) is 0 Å². The van der Waals surface area contributed by atoms with E-state index in [2.05, 4.69) is 20.6 Å². The fraction of sp³-hybridized carbons (Fsp3) is 0.304. The molecular weight excluding hydrogens is 1140 g/mol. The Balaban J connectivity index is 0.000000254. The van der Waals surface area contributed by atoms with Gasteiger partial charge in [0.1, 0.15) is 36.3 Å². The number of amides is 4. The first-order valence-electron chi connectivity index (χ1n) is 25.7. The van der Waals surface area contributed by atoms with E-state index in [9.17, 15) is 59.9 Å². The van der Waals surface area contributed by atoms with E-state index in [1.54, 1.807) is 90.0 Å². The lowest BCUT2D eigenvalue weighted by atomic mass is 10.0. The van der Waals surface area contributed by atoms with Gasteiger partial charge in [0.05, 0.1) is 12.6 Å². The van der Waals surface area contributed by atoms with Crippen molar-refractivity contribution in [2.24, 2.45) is 0 Å². The number of carboxylic acid groups (broad SMARTS) is 4. The Hall–Kier alpha value is -10.1. The Morgan fingerprint density at radius 3 is 1.52 bits per heavy atom. The van der Waals surface area contributed by atoms with Crippen molar-refractivity contribution in [3.8, 4) is 11.5 Å². The van der Waals surface area contributed by atoms with Gasteiger partial charge in [-0.25, -0.2) is 24.4 Å². The molecule has 4 aromatic carbocycles. The number of rotatable bonds is 18. The maximum absolute atomic E-state index is 12.8. The number of nitrogens with one attached hydrogen (secondary N) is 2. The number of likely N-dealkylation sites (tertiary alicyclic amines) is 2. The van der Waals surface area contributed by atoms with Crippen LogP contribution < -0.4 is 31.6 Å². The number of carbonyl (C=O) groups excluding carboxylic acids is 5. The highest BCUT2D eigenvalue weighted by Gasteiger charge is 2.39. The van der Waals surface area contributed by atoms with Gasteiger partial charge in [-0.2, -0.15) is 26.3 Å². The molecule has 4 amide bonds. The van der Waals surface area contributed by atoms with Crippen LogP contribution in [0.15, 0.2) is 103 Å². The Labute approximate surface area is 478 Å². The maximum atomic E-state index is 12.8. The summed E-state index contributed by atoms with van der Waals surface area (Å²) in [4.78, 5) is 114. The summed E-state index contributed by atoms with van der Waals surface area (Å²) in [5, 5.41) is 40.9. The number of aromatic nitrogens is 2. The van der Waals surface area contributed by atoms with Crippen molar-refractivity contribution >= 4 is 86.5 Å². The van der Waals surface area contributed by atoms with Crippen LogP contribution in [0.5, 0.6) is 11.5 Å². The van der Waals surface area contributed by atoms with Crippen molar-refractivity contribution in [2.75, 3.05) is 57.4 Å².